The molecule has 0 atom stereocenters. The van der Waals surface area contributed by atoms with Crippen LogP contribution in [0.5, 0.6) is 0 Å². The van der Waals surface area contributed by atoms with Crippen LogP contribution >= 0.6 is 0 Å². The highest BCUT2D eigenvalue weighted by atomic mass is 16.5. The predicted octanol–water partition coefficient (Wildman–Crippen LogP) is 1.55. The molecule has 18 heavy (non-hydrogen) atoms. The molecule has 0 amide bonds. The van der Waals surface area contributed by atoms with E-state index < -0.39 is 0 Å². The molecule has 2 heterocycles. The minimum absolute atomic E-state index is 0.246. The van der Waals surface area contributed by atoms with Crippen LogP contribution < -0.4 is 5.56 Å². The van der Waals surface area contributed by atoms with Crippen molar-refractivity contribution in [3.8, 4) is 11.6 Å². The molecule has 0 saturated heterocycles. The normalized spacial score (nSPS) is 16.2. The topological polar surface area (TPSA) is 84.7 Å². The van der Waals surface area contributed by atoms with E-state index in [9.17, 15) is 4.79 Å². The average Bonchev–Trinajstić information content (AvgIpc) is 3.02. The fourth-order valence-corrected chi connectivity index (χ4v) is 2.38. The van der Waals surface area contributed by atoms with Crippen molar-refractivity contribution in [2.45, 2.75) is 32.1 Å². The molecule has 6 nitrogen and oxygen atoms in total. The number of nitrogens with one attached hydrogen (secondary N) is 1. The van der Waals surface area contributed by atoms with Crippen molar-refractivity contribution >= 4 is 0 Å². The van der Waals surface area contributed by atoms with Gasteiger partial charge in [-0.05, 0) is 12.0 Å². The van der Waals surface area contributed by atoms with E-state index >= 15 is 0 Å². The van der Waals surface area contributed by atoms with Crippen molar-refractivity contribution in [1.82, 2.24) is 20.3 Å². The highest BCUT2D eigenvalue weighted by Crippen LogP contribution is 2.27. The molecule has 0 aliphatic heterocycles. The molecule has 1 saturated carbocycles. The first-order valence-electron chi connectivity index (χ1n) is 6.20. The van der Waals surface area contributed by atoms with Crippen molar-refractivity contribution in [3.63, 3.8) is 0 Å². The molecule has 0 unspecified atom stereocenters. The Morgan fingerprint density at radius 3 is 2.89 bits per heavy atom. The summed E-state index contributed by atoms with van der Waals surface area (Å²) < 4.78 is 5.16. The lowest BCUT2D eigenvalue weighted by atomic mass is 10.0. The summed E-state index contributed by atoms with van der Waals surface area (Å²) in [6.07, 6.45) is 5.97. The number of nitrogens with zero attached hydrogens (tertiary/aromatic N) is 3. The van der Waals surface area contributed by atoms with E-state index in [-0.39, 0.29) is 5.56 Å². The summed E-state index contributed by atoms with van der Waals surface area (Å²) >= 11 is 0. The summed E-state index contributed by atoms with van der Waals surface area (Å²) in [6, 6.07) is 2.97. The van der Waals surface area contributed by atoms with Crippen LogP contribution in [0.15, 0.2) is 21.5 Å². The Labute approximate surface area is 103 Å². The molecule has 3 rings (SSSR count). The van der Waals surface area contributed by atoms with E-state index in [0.29, 0.717) is 17.5 Å². The molecule has 0 bridgehead atoms. The van der Waals surface area contributed by atoms with Gasteiger partial charge >= 0.3 is 0 Å². The quantitative estimate of drug-likeness (QED) is 0.888. The van der Waals surface area contributed by atoms with Crippen LogP contribution in [0.4, 0.5) is 0 Å². The zero-order valence-electron chi connectivity index (χ0n) is 9.93. The van der Waals surface area contributed by atoms with Crippen LogP contribution in [0.2, 0.25) is 0 Å². The molecule has 6 heteroatoms. The van der Waals surface area contributed by atoms with Crippen LogP contribution in [0.3, 0.4) is 0 Å². The molecule has 94 valence electrons. The SMILES string of the molecule is O=c1ccc(-c2nc(CC3CCCC3)no2)n[nH]1. The third-order valence-corrected chi connectivity index (χ3v) is 3.31. The Kier molecular flexibility index (Phi) is 2.92. The number of aromatic amines is 1. The van der Waals surface area contributed by atoms with Crippen LogP contribution in [-0.2, 0) is 6.42 Å². The van der Waals surface area contributed by atoms with Crippen LogP contribution in [0.1, 0.15) is 31.5 Å². The fraction of sp³-hybridized carbons (Fsp3) is 0.500. The van der Waals surface area contributed by atoms with Crippen LogP contribution in [-0.4, -0.2) is 20.3 Å². The Balaban J connectivity index is 1.76. The van der Waals surface area contributed by atoms with Gasteiger partial charge in [-0.15, -0.1) is 0 Å². The van der Waals surface area contributed by atoms with Crippen molar-refractivity contribution in [2.24, 2.45) is 5.92 Å². The van der Waals surface area contributed by atoms with Gasteiger partial charge in [-0.3, -0.25) is 4.79 Å². The second kappa shape index (κ2) is 4.72. The fourth-order valence-electron chi connectivity index (χ4n) is 2.38. The molecule has 1 aliphatic rings. The maximum absolute atomic E-state index is 10.9. The van der Waals surface area contributed by atoms with E-state index in [2.05, 4.69) is 20.3 Å². The molecule has 2 aromatic heterocycles. The number of rotatable bonds is 3. The summed E-state index contributed by atoms with van der Waals surface area (Å²) in [6.45, 7) is 0. The molecule has 2 aromatic rings. The lowest BCUT2D eigenvalue weighted by molar-refractivity contribution is 0.412. The number of hydrogen-bond acceptors (Lipinski definition) is 5. The van der Waals surface area contributed by atoms with Gasteiger partial charge in [-0.2, -0.15) is 10.1 Å². The monoisotopic (exact) mass is 246 g/mol. The minimum Gasteiger partial charge on any atom is -0.332 e. The Hall–Kier alpha value is -1.98. The molecule has 1 aliphatic carbocycles. The molecular formula is C12H14N4O2. The summed E-state index contributed by atoms with van der Waals surface area (Å²) in [4.78, 5) is 15.2. The molecular weight excluding hydrogens is 232 g/mol. The standard InChI is InChI=1S/C12H14N4O2/c17-11-6-5-9(14-15-11)12-13-10(16-18-12)7-8-3-1-2-4-8/h5-6,8H,1-4,7H2,(H,15,17). The number of aromatic nitrogens is 4. The zero-order chi connectivity index (χ0) is 12.4. The lowest BCUT2D eigenvalue weighted by Crippen LogP contribution is -2.05. The lowest BCUT2D eigenvalue weighted by Gasteiger charge is -2.02. The summed E-state index contributed by atoms with van der Waals surface area (Å²) in [7, 11) is 0. The maximum Gasteiger partial charge on any atom is 0.278 e. The van der Waals surface area contributed by atoms with Gasteiger partial charge in [0.2, 0.25) is 0 Å². The van der Waals surface area contributed by atoms with E-state index in [4.69, 9.17) is 4.52 Å². The van der Waals surface area contributed by atoms with Gasteiger partial charge in [0, 0.05) is 12.5 Å². The molecule has 0 spiro atoms. The highest BCUT2D eigenvalue weighted by molar-refractivity contribution is 5.44. The minimum atomic E-state index is -0.246. The second-order valence-corrected chi connectivity index (χ2v) is 4.68. The van der Waals surface area contributed by atoms with Crippen LogP contribution in [0, 0.1) is 5.92 Å². The first-order chi connectivity index (χ1) is 8.81. The first-order valence-corrected chi connectivity index (χ1v) is 6.20. The van der Waals surface area contributed by atoms with Crippen molar-refractivity contribution in [3.05, 3.63) is 28.3 Å². The first kappa shape index (κ1) is 11.1. The van der Waals surface area contributed by atoms with E-state index in [1.54, 1.807) is 6.07 Å². The molecule has 0 radical (unpaired) electrons. The smallest absolute Gasteiger partial charge is 0.278 e. The van der Waals surface area contributed by atoms with Crippen molar-refractivity contribution < 1.29 is 4.52 Å². The average molecular weight is 246 g/mol. The van der Waals surface area contributed by atoms with Gasteiger partial charge in [0.05, 0.1) is 0 Å². The van der Waals surface area contributed by atoms with Gasteiger partial charge in [0.1, 0.15) is 5.69 Å². The Bertz CT molecular complexity index is 563. The van der Waals surface area contributed by atoms with Gasteiger partial charge in [0.25, 0.3) is 11.4 Å². The second-order valence-electron chi connectivity index (χ2n) is 4.68. The van der Waals surface area contributed by atoms with E-state index in [1.165, 1.54) is 31.7 Å². The predicted molar refractivity (Wildman–Crippen MR) is 63.8 cm³/mol. The molecule has 0 aromatic carbocycles. The Morgan fingerprint density at radius 2 is 2.17 bits per heavy atom. The summed E-state index contributed by atoms with van der Waals surface area (Å²) in [5.74, 6) is 1.77. The molecule has 1 N–H and O–H groups in total. The van der Waals surface area contributed by atoms with Gasteiger partial charge < -0.3 is 4.52 Å². The third-order valence-electron chi connectivity index (χ3n) is 3.31. The van der Waals surface area contributed by atoms with Crippen molar-refractivity contribution in [2.75, 3.05) is 0 Å². The molecule has 1 fully saturated rings. The number of H-pyrrole nitrogens is 1. The third kappa shape index (κ3) is 2.32. The van der Waals surface area contributed by atoms with Crippen LogP contribution in [0.25, 0.3) is 11.6 Å². The van der Waals surface area contributed by atoms with E-state index in [0.717, 1.165) is 12.2 Å². The Morgan fingerprint density at radius 1 is 1.33 bits per heavy atom. The van der Waals surface area contributed by atoms with Gasteiger partial charge in [-0.25, -0.2) is 5.10 Å². The largest absolute Gasteiger partial charge is 0.332 e. The zero-order valence-corrected chi connectivity index (χ0v) is 9.93. The van der Waals surface area contributed by atoms with Crippen molar-refractivity contribution in [1.29, 1.82) is 0 Å². The summed E-state index contributed by atoms with van der Waals surface area (Å²) in [5, 5.41) is 10.2. The summed E-state index contributed by atoms with van der Waals surface area (Å²) in [5.41, 5.74) is 0.254. The number of hydrogen-bond donors (Lipinski definition) is 1. The maximum atomic E-state index is 10.9. The van der Waals surface area contributed by atoms with Gasteiger partial charge in [-0.1, -0.05) is 30.8 Å². The highest BCUT2D eigenvalue weighted by Gasteiger charge is 2.19. The van der Waals surface area contributed by atoms with Gasteiger partial charge in [0.15, 0.2) is 5.82 Å². The van der Waals surface area contributed by atoms with E-state index in [1.807, 2.05) is 0 Å².